The fourth-order valence-electron chi connectivity index (χ4n) is 9.01. The zero-order valence-corrected chi connectivity index (χ0v) is 38.3. The third-order valence-corrected chi connectivity index (χ3v) is 12.5. The number of ether oxygens (including phenoxy) is 6. The number of hydrogen-bond donors (Lipinski definition) is 1. The second-order valence-electron chi connectivity index (χ2n) is 17.4. The summed E-state index contributed by atoms with van der Waals surface area (Å²) >= 11 is 0. The van der Waals surface area contributed by atoms with Crippen LogP contribution in [-0.2, 0) is 66.2 Å². The molecule has 348 valence electrons. The maximum atomic E-state index is 16.2. The van der Waals surface area contributed by atoms with Crippen LogP contribution in [-0.4, -0.2) is 67.0 Å². The normalized spacial score (nSPS) is 20.1. The summed E-state index contributed by atoms with van der Waals surface area (Å²) in [7, 11) is 1.62. The number of rotatable bonds is 21. The van der Waals surface area contributed by atoms with Crippen LogP contribution in [0.4, 0.5) is 0 Å². The van der Waals surface area contributed by atoms with Crippen LogP contribution in [0.25, 0.3) is 0 Å². The summed E-state index contributed by atoms with van der Waals surface area (Å²) in [5.74, 6) is 0.00480. The lowest BCUT2D eigenvalue weighted by Gasteiger charge is -2.47. The monoisotopic (exact) mass is 902 g/mol. The van der Waals surface area contributed by atoms with E-state index in [0.29, 0.717) is 17.9 Å². The van der Waals surface area contributed by atoms with Gasteiger partial charge in [0.25, 0.3) is 5.91 Å². The lowest BCUT2D eigenvalue weighted by molar-refractivity contribution is -0.270. The van der Waals surface area contributed by atoms with Crippen molar-refractivity contribution in [2.24, 2.45) is 0 Å². The smallest absolute Gasteiger partial charge is 0.255 e. The molecule has 2 aliphatic rings. The predicted molar refractivity (Wildman–Crippen MR) is 258 cm³/mol. The average Bonchev–Trinajstić information content (AvgIpc) is 3.38. The van der Waals surface area contributed by atoms with E-state index in [9.17, 15) is 4.79 Å². The van der Waals surface area contributed by atoms with Gasteiger partial charge in [0.1, 0.15) is 36.2 Å². The first-order chi connectivity index (χ1) is 33.0. The van der Waals surface area contributed by atoms with Crippen LogP contribution in [0.15, 0.2) is 176 Å². The van der Waals surface area contributed by atoms with E-state index in [1.807, 2.05) is 176 Å². The van der Waals surface area contributed by atoms with E-state index in [4.69, 9.17) is 28.4 Å². The highest BCUT2D eigenvalue weighted by atomic mass is 16.6. The summed E-state index contributed by atoms with van der Waals surface area (Å²) < 4.78 is 40.0. The molecule has 0 aromatic heterocycles. The second kappa shape index (κ2) is 24.6. The minimum atomic E-state index is -1.27. The zero-order valence-electron chi connectivity index (χ0n) is 38.3. The number of carbonyl (C=O) groups is 2. The van der Waals surface area contributed by atoms with Crippen molar-refractivity contribution in [3.05, 3.63) is 209 Å². The van der Waals surface area contributed by atoms with E-state index in [1.165, 1.54) is 0 Å². The van der Waals surface area contributed by atoms with Gasteiger partial charge in [-0.05, 0) is 58.4 Å². The van der Waals surface area contributed by atoms with E-state index >= 15 is 4.79 Å². The van der Waals surface area contributed by atoms with Gasteiger partial charge >= 0.3 is 0 Å². The number of nitrogens with one attached hydrogen (secondary N) is 1. The molecule has 6 atom stereocenters. The number of amides is 2. The summed E-state index contributed by atoms with van der Waals surface area (Å²) in [6.45, 7) is 1.11. The fourth-order valence-corrected chi connectivity index (χ4v) is 9.01. The van der Waals surface area contributed by atoms with Gasteiger partial charge in [-0.2, -0.15) is 0 Å². The molecule has 1 aliphatic heterocycles. The molecule has 0 radical (unpaired) electrons. The van der Waals surface area contributed by atoms with Gasteiger partial charge in [0, 0.05) is 12.6 Å². The number of nitrogens with zero attached hydrogens (tertiary/aromatic N) is 1. The molecule has 10 heteroatoms. The number of carbonyl (C=O) groups excluding carboxylic acids is 2. The molecule has 1 heterocycles. The molecular formula is C57H62N2O8. The van der Waals surface area contributed by atoms with Crippen molar-refractivity contribution < 1.29 is 38.0 Å². The molecule has 1 unspecified atom stereocenters. The Kier molecular flexibility index (Phi) is 17.4. The predicted octanol–water partition coefficient (Wildman–Crippen LogP) is 9.95. The SMILES string of the molecule is COc1ccc(CN(C(=O)[C@@H]2O[C@H](COCc3ccccc3)[C@@H](OCc3ccccc3)[C@H](OCc3ccccc3)[C@H]2OCc2ccccc2)C(C(=O)NC2CCCCC2)c2ccccc2)cc1. The van der Waals surface area contributed by atoms with Crippen LogP contribution in [0.5, 0.6) is 5.75 Å². The first kappa shape index (κ1) is 47.4. The van der Waals surface area contributed by atoms with Crippen LogP contribution in [0.2, 0.25) is 0 Å². The lowest BCUT2D eigenvalue weighted by atomic mass is 9.91. The molecule has 6 aromatic carbocycles. The molecule has 1 aliphatic carbocycles. The Morgan fingerprint density at radius 1 is 0.567 bits per heavy atom. The summed E-state index contributed by atoms with van der Waals surface area (Å²) in [5, 5.41) is 3.37. The summed E-state index contributed by atoms with van der Waals surface area (Å²) in [6, 6.07) is 55.8. The van der Waals surface area contributed by atoms with Crippen molar-refractivity contribution >= 4 is 11.8 Å². The Bertz CT molecular complexity index is 2370. The van der Waals surface area contributed by atoms with Gasteiger partial charge in [0.2, 0.25) is 5.91 Å². The molecule has 1 saturated carbocycles. The molecule has 0 bridgehead atoms. The minimum Gasteiger partial charge on any atom is -0.497 e. The average molecular weight is 903 g/mol. The van der Waals surface area contributed by atoms with Crippen LogP contribution in [0.1, 0.15) is 71.5 Å². The summed E-state index contributed by atoms with van der Waals surface area (Å²) in [5.41, 5.74) is 5.31. The Morgan fingerprint density at radius 3 is 1.57 bits per heavy atom. The molecule has 2 fully saturated rings. The third kappa shape index (κ3) is 13.3. The topological polar surface area (TPSA) is 105 Å². The van der Waals surface area contributed by atoms with E-state index in [1.54, 1.807) is 12.0 Å². The van der Waals surface area contributed by atoms with Gasteiger partial charge in [0.15, 0.2) is 6.10 Å². The van der Waals surface area contributed by atoms with Gasteiger partial charge in [0.05, 0.1) is 40.1 Å². The van der Waals surface area contributed by atoms with Crippen LogP contribution in [0.3, 0.4) is 0 Å². The molecule has 1 saturated heterocycles. The maximum Gasteiger partial charge on any atom is 0.255 e. The Balaban J connectivity index is 1.22. The van der Waals surface area contributed by atoms with E-state index in [-0.39, 0.29) is 44.9 Å². The van der Waals surface area contributed by atoms with Crippen molar-refractivity contribution in [1.82, 2.24) is 10.2 Å². The molecule has 1 N–H and O–H groups in total. The summed E-state index contributed by atoms with van der Waals surface area (Å²) in [6.07, 6.45) is 0.333. The van der Waals surface area contributed by atoms with Crippen molar-refractivity contribution in [3.63, 3.8) is 0 Å². The Labute approximate surface area is 395 Å². The van der Waals surface area contributed by atoms with Gasteiger partial charge < -0.3 is 38.6 Å². The highest BCUT2D eigenvalue weighted by molar-refractivity contribution is 5.91. The van der Waals surface area contributed by atoms with Crippen molar-refractivity contribution in [2.75, 3.05) is 13.7 Å². The van der Waals surface area contributed by atoms with Crippen LogP contribution < -0.4 is 10.1 Å². The molecule has 2 amide bonds. The van der Waals surface area contributed by atoms with Crippen LogP contribution >= 0.6 is 0 Å². The second-order valence-corrected chi connectivity index (χ2v) is 17.4. The maximum absolute atomic E-state index is 16.2. The van der Waals surface area contributed by atoms with Crippen molar-refractivity contribution in [3.8, 4) is 5.75 Å². The van der Waals surface area contributed by atoms with Crippen molar-refractivity contribution in [2.45, 2.75) is 108 Å². The molecular weight excluding hydrogens is 841 g/mol. The van der Waals surface area contributed by atoms with Gasteiger partial charge in [-0.25, -0.2) is 0 Å². The van der Waals surface area contributed by atoms with E-state index in [2.05, 4.69) is 5.32 Å². The van der Waals surface area contributed by atoms with Gasteiger partial charge in [-0.1, -0.05) is 183 Å². The first-order valence-electron chi connectivity index (χ1n) is 23.5. The fraction of sp³-hybridized carbons (Fsp3) is 0.333. The van der Waals surface area contributed by atoms with E-state index < -0.39 is 42.5 Å². The molecule has 0 spiro atoms. The van der Waals surface area contributed by atoms with Gasteiger partial charge in [-0.3, -0.25) is 9.59 Å². The van der Waals surface area contributed by atoms with E-state index in [0.717, 1.165) is 59.9 Å². The quantitative estimate of drug-likeness (QED) is 0.0762. The van der Waals surface area contributed by atoms with Crippen molar-refractivity contribution in [1.29, 1.82) is 0 Å². The third-order valence-electron chi connectivity index (χ3n) is 12.5. The minimum absolute atomic E-state index is 0.00252. The molecule has 8 rings (SSSR count). The summed E-state index contributed by atoms with van der Waals surface area (Å²) in [4.78, 5) is 32.8. The van der Waals surface area contributed by atoms with Crippen LogP contribution in [0, 0.1) is 0 Å². The number of benzene rings is 6. The molecule has 6 aromatic rings. The first-order valence-corrected chi connectivity index (χ1v) is 23.5. The zero-order chi connectivity index (χ0) is 46.0. The largest absolute Gasteiger partial charge is 0.497 e. The number of methoxy groups -OCH3 is 1. The molecule has 67 heavy (non-hydrogen) atoms. The van der Waals surface area contributed by atoms with Gasteiger partial charge in [-0.15, -0.1) is 0 Å². The Morgan fingerprint density at radius 2 is 1.04 bits per heavy atom. The highest BCUT2D eigenvalue weighted by Crippen LogP contribution is 2.35. The standard InChI is InChI=1S/C57H62N2O8/c1-62-49-34-32-42(33-35-49)36-59(51(47-28-16-6-17-29-47)56(60)58-48-30-18-7-19-31-48)57(61)55-54(66-40-46-26-14-5-15-27-46)53(65-39-45-24-12-4-13-25-45)52(64-38-44-22-10-3-11-23-44)50(67-55)41-63-37-43-20-8-2-9-21-43/h2-6,8-17,20-29,32-35,48,50-55H,7,18-19,30-31,36-41H2,1H3,(H,58,60)/t50-,51?,52-,53+,54-,55-/m1/s1. The molecule has 10 nitrogen and oxygen atoms in total. The highest BCUT2D eigenvalue weighted by Gasteiger charge is 2.53. The number of hydrogen-bond acceptors (Lipinski definition) is 8. The Hall–Kier alpha value is -6.14. The lowest BCUT2D eigenvalue weighted by Crippen LogP contribution is -2.65.